The molecule has 2 rings (SSSR count). The lowest BCUT2D eigenvalue weighted by atomic mass is 9.87. The molecule has 4 nitrogen and oxygen atoms in total. The molecular formula is C16H24FNO3S. The zero-order chi connectivity index (χ0) is 16.2. The lowest BCUT2D eigenvalue weighted by Crippen LogP contribution is -2.42. The van der Waals surface area contributed by atoms with Gasteiger partial charge >= 0.3 is 0 Å². The molecule has 0 unspecified atom stereocenters. The van der Waals surface area contributed by atoms with E-state index in [2.05, 4.69) is 11.8 Å². The first-order valence-electron chi connectivity index (χ1n) is 7.64. The van der Waals surface area contributed by atoms with E-state index in [0.717, 1.165) is 44.3 Å². The molecule has 0 amide bonds. The van der Waals surface area contributed by atoms with Crippen LogP contribution in [0.25, 0.3) is 0 Å². The molecule has 0 spiro atoms. The van der Waals surface area contributed by atoms with Gasteiger partial charge in [-0.1, -0.05) is 19.1 Å². The van der Waals surface area contributed by atoms with Crippen LogP contribution in [0.3, 0.4) is 0 Å². The Morgan fingerprint density at radius 2 is 2.00 bits per heavy atom. The predicted molar refractivity (Wildman–Crippen MR) is 84.6 cm³/mol. The fourth-order valence-electron chi connectivity index (χ4n) is 2.79. The molecule has 0 aliphatic carbocycles. The van der Waals surface area contributed by atoms with Gasteiger partial charge in [-0.3, -0.25) is 4.18 Å². The Labute approximate surface area is 132 Å². The van der Waals surface area contributed by atoms with E-state index < -0.39 is 10.1 Å². The third kappa shape index (κ3) is 5.66. The summed E-state index contributed by atoms with van der Waals surface area (Å²) in [6, 6.07) is 6.59. The molecule has 0 radical (unpaired) electrons. The molecule has 1 aliphatic heterocycles. The van der Waals surface area contributed by atoms with Crippen molar-refractivity contribution in [1.29, 1.82) is 0 Å². The highest BCUT2D eigenvalue weighted by Gasteiger charge is 2.27. The second-order valence-electron chi connectivity index (χ2n) is 6.19. The van der Waals surface area contributed by atoms with E-state index in [-0.39, 0.29) is 18.3 Å². The fraction of sp³-hybridized carbons (Fsp3) is 0.625. The van der Waals surface area contributed by atoms with Crippen LogP contribution in [0.15, 0.2) is 24.3 Å². The maximum absolute atomic E-state index is 12.9. The van der Waals surface area contributed by atoms with Gasteiger partial charge in [0.25, 0.3) is 10.1 Å². The van der Waals surface area contributed by atoms with E-state index in [1.807, 2.05) is 12.1 Å². The van der Waals surface area contributed by atoms with Crippen LogP contribution in [0.1, 0.15) is 18.9 Å². The number of hydrogen-bond acceptors (Lipinski definition) is 4. The topological polar surface area (TPSA) is 46.6 Å². The normalized spacial score (nSPS) is 23.6. The van der Waals surface area contributed by atoms with Gasteiger partial charge in [0, 0.05) is 13.1 Å². The van der Waals surface area contributed by atoms with Crippen LogP contribution in [0.2, 0.25) is 0 Å². The lowest BCUT2D eigenvalue weighted by molar-refractivity contribution is 0.0919. The van der Waals surface area contributed by atoms with Gasteiger partial charge in [0.1, 0.15) is 5.82 Å². The number of rotatable bonds is 6. The van der Waals surface area contributed by atoms with E-state index in [1.54, 1.807) is 0 Å². The van der Waals surface area contributed by atoms with Gasteiger partial charge in [-0.2, -0.15) is 8.42 Å². The van der Waals surface area contributed by atoms with E-state index in [4.69, 9.17) is 4.18 Å². The van der Waals surface area contributed by atoms with E-state index >= 15 is 0 Å². The molecule has 2 atom stereocenters. The average Bonchev–Trinajstić information content (AvgIpc) is 2.46. The molecule has 0 bridgehead atoms. The molecule has 1 aromatic rings. The first kappa shape index (κ1) is 17.4. The molecule has 0 saturated carbocycles. The zero-order valence-corrected chi connectivity index (χ0v) is 14.0. The largest absolute Gasteiger partial charge is 0.303 e. The lowest BCUT2D eigenvalue weighted by Gasteiger charge is -2.36. The molecule has 0 N–H and O–H groups in total. The van der Waals surface area contributed by atoms with Gasteiger partial charge in [-0.15, -0.1) is 0 Å². The van der Waals surface area contributed by atoms with E-state index in [1.165, 1.54) is 12.1 Å². The van der Waals surface area contributed by atoms with Crippen molar-refractivity contribution in [3.05, 3.63) is 35.6 Å². The van der Waals surface area contributed by atoms with Crippen molar-refractivity contribution in [3.63, 3.8) is 0 Å². The van der Waals surface area contributed by atoms with Gasteiger partial charge in [0.2, 0.25) is 0 Å². The van der Waals surface area contributed by atoms with Crippen LogP contribution in [0.4, 0.5) is 4.39 Å². The van der Waals surface area contributed by atoms with E-state index in [9.17, 15) is 12.8 Å². The van der Waals surface area contributed by atoms with Crippen molar-refractivity contribution in [2.45, 2.75) is 19.8 Å². The summed E-state index contributed by atoms with van der Waals surface area (Å²) in [6.45, 7) is 5.16. The summed E-state index contributed by atoms with van der Waals surface area (Å²) in [5.41, 5.74) is 1.11. The van der Waals surface area contributed by atoms with Crippen LogP contribution >= 0.6 is 0 Å². The monoisotopic (exact) mass is 329 g/mol. The first-order valence-corrected chi connectivity index (χ1v) is 9.46. The predicted octanol–water partition coefficient (Wildman–Crippen LogP) is 2.30. The molecule has 1 heterocycles. The zero-order valence-electron chi connectivity index (χ0n) is 13.2. The van der Waals surface area contributed by atoms with Crippen LogP contribution in [-0.2, 0) is 20.7 Å². The maximum atomic E-state index is 12.9. The van der Waals surface area contributed by atoms with Crippen molar-refractivity contribution in [2.75, 3.05) is 32.5 Å². The fourth-order valence-corrected chi connectivity index (χ4v) is 3.22. The number of benzene rings is 1. The second-order valence-corrected chi connectivity index (χ2v) is 7.84. The Hall–Kier alpha value is -0.980. The molecule has 1 saturated heterocycles. The molecule has 1 aliphatic rings. The maximum Gasteiger partial charge on any atom is 0.264 e. The van der Waals surface area contributed by atoms with Crippen molar-refractivity contribution in [1.82, 2.24) is 4.90 Å². The average molecular weight is 329 g/mol. The highest BCUT2D eigenvalue weighted by Crippen LogP contribution is 2.24. The van der Waals surface area contributed by atoms with Crippen molar-refractivity contribution >= 4 is 10.1 Å². The van der Waals surface area contributed by atoms with Crippen LogP contribution < -0.4 is 0 Å². The standard InChI is InChI=1S/C16H24FNO3S/c1-13-7-9-18(11-15(13)12-21-22(2,19)20)10-8-14-3-5-16(17)6-4-14/h3-6,13,15H,7-12H2,1-2H3/t13-,15+/m1/s1. The van der Waals surface area contributed by atoms with Crippen molar-refractivity contribution < 1.29 is 17.0 Å². The molecule has 1 aromatic carbocycles. The minimum atomic E-state index is -3.38. The van der Waals surface area contributed by atoms with Crippen LogP contribution in [-0.4, -0.2) is 45.8 Å². The summed E-state index contributed by atoms with van der Waals surface area (Å²) in [4.78, 5) is 2.33. The van der Waals surface area contributed by atoms with Gasteiger partial charge in [0.15, 0.2) is 0 Å². The summed E-state index contributed by atoms with van der Waals surface area (Å²) in [5, 5.41) is 0. The molecule has 124 valence electrons. The summed E-state index contributed by atoms with van der Waals surface area (Å²) in [7, 11) is -3.38. The van der Waals surface area contributed by atoms with Gasteiger partial charge in [-0.25, -0.2) is 4.39 Å². The Kier molecular flexibility index (Phi) is 5.94. The highest BCUT2D eigenvalue weighted by atomic mass is 32.2. The number of halogens is 1. The van der Waals surface area contributed by atoms with Crippen molar-refractivity contribution in [3.8, 4) is 0 Å². The Morgan fingerprint density at radius 1 is 1.32 bits per heavy atom. The van der Waals surface area contributed by atoms with Gasteiger partial charge in [-0.05, 0) is 48.9 Å². The van der Waals surface area contributed by atoms with Crippen LogP contribution in [0.5, 0.6) is 0 Å². The summed E-state index contributed by atoms with van der Waals surface area (Å²) >= 11 is 0. The molecule has 22 heavy (non-hydrogen) atoms. The van der Waals surface area contributed by atoms with Gasteiger partial charge in [0.05, 0.1) is 12.9 Å². The number of nitrogens with zero attached hydrogens (tertiary/aromatic N) is 1. The summed E-state index contributed by atoms with van der Waals surface area (Å²) in [5.74, 6) is 0.481. The third-order valence-corrected chi connectivity index (χ3v) is 4.89. The minimum absolute atomic E-state index is 0.214. The minimum Gasteiger partial charge on any atom is -0.303 e. The molecule has 0 aromatic heterocycles. The molecule has 1 fully saturated rings. The first-order chi connectivity index (χ1) is 10.3. The summed E-state index contributed by atoms with van der Waals surface area (Å²) in [6.07, 6.45) is 3.00. The highest BCUT2D eigenvalue weighted by molar-refractivity contribution is 7.85. The third-order valence-electron chi connectivity index (χ3n) is 4.32. The SMILES string of the molecule is C[C@@H]1CCN(CCc2ccc(F)cc2)C[C@H]1COS(C)(=O)=O. The van der Waals surface area contributed by atoms with Crippen LogP contribution in [0, 0.1) is 17.7 Å². The quantitative estimate of drug-likeness (QED) is 0.752. The Balaban J connectivity index is 1.83. The number of piperidine rings is 1. The smallest absolute Gasteiger partial charge is 0.264 e. The number of likely N-dealkylation sites (tertiary alicyclic amines) is 1. The summed E-state index contributed by atoms with van der Waals surface area (Å²) < 4.78 is 40.1. The Morgan fingerprint density at radius 3 is 2.64 bits per heavy atom. The number of hydrogen-bond donors (Lipinski definition) is 0. The van der Waals surface area contributed by atoms with E-state index in [0.29, 0.717) is 5.92 Å². The van der Waals surface area contributed by atoms with Crippen molar-refractivity contribution in [2.24, 2.45) is 11.8 Å². The van der Waals surface area contributed by atoms with Gasteiger partial charge < -0.3 is 4.90 Å². The Bertz CT molecular complexity index is 574. The molecular weight excluding hydrogens is 305 g/mol. The second kappa shape index (κ2) is 7.53. The molecule has 6 heteroatoms.